The zero-order valence-corrected chi connectivity index (χ0v) is 15.8. The molecule has 2 aromatic rings. The van der Waals surface area contributed by atoms with Gasteiger partial charge in [0, 0.05) is 30.8 Å². The van der Waals surface area contributed by atoms with Gasteiger partial charge in [-0.1, -0.05) is 26.8 Å². The summed E-state index contributed by atoms with van der Waals surface area (Å²) in [6, 6.07) is 9.97. The first-order valence-corrected chi connectivity index (χ1v) is 8.98. The summed E-state index contributed by atoms with van der Waals surface area (Å²) >= 11 is 0. The normalized spacial score (nSPS) is 17.2. The van der Waals surface area contributed by atoms with Crippen LogP contribution in [0, 0.1) is 11.2 Å². The van der Waals surface area contributed by atoms with Crippen LogP contribution in [-0.4, -0.2) is 29.2 Å². The van der Waals surface area contributed by atoms with Crippen molar-refractivity contribution in [1.82, 2.24) is 4.90 Å². The van der Waals surface area contributed by atoms with E-state index < -0.39 is 11.9 Å². The van der Waals surface area contributed by atoms with Gasteiger partial charge in [0.2, 0.25) is 0 Å². The average Bonchev–Trinajstić information content (AvgIpc) is 2.76. The van der Waals surface area contributed by atoms with Gasteiger partial charge in [-0.25, -0.2) is 9.18 Å². The number of hydrogen-bond donors (Lipinski definition) is 2. The van der Waals surface area contributed by atoms with E-state index in [0.717, 1.165) is 11.1 Å². The Kier molecular flexibility index (Phi) is 5.00. The molecular weight excluding hydrogens is 347 g/mol. The van der Waals surface area contributed by atoms with E-state index in [1.165, 1.54) is 17.0 Å². The van der Waals surface area contributed by atoms with E-state index >= 15 is 0 Å². The molecule has 0 radical (unpaired) electrons. The molecule has 0 spiro atoms. The van der Waals surface area contributed by atoms with Crippen molar-refractivity contribution in [1.29, 1.82) is 0 Å². The van der Waals surface area contributed by atoms with E-state index in [0.29, 0.717) is 30.9 Å². The quantitative estimate of drug-likeness (QED) is 0.738. The van der Waals surface area contributed by atoms with Crippen molar-refractivity contribution in [3.05, 3.63) is 53.3 Å². The van der Waals surface area contributed by atoms with E-state index in [2.05, 4.69) is 20.8 Å². The minimum atomic E-state index is -0.905. The van der Waals surface area contributed by atoms with Crippen molar-refractivity contribution in [3.8, 4) is 11.5 Å². The van der Waals surface area contributed by atoms with Crippen molar-refractivity contribution >= 4 is 11.8 Å². The van der Waals surface area contributed by atoms with Crippen LogP contribution in [-0.2, 0) is 6.42 Å². The minimum Gasteiger partial charge on any atom is -0.465 e. The van der Waals surface area contributed by atoms with Crippen LogP contribution in [0.4, 0.5) is 14.9 Å². The first-order chi connectivity index (χ1) is 12.6. The van der Waals surface area contributed by atoms with Crippen LogP contribution in [0.15, 0.2) is 36.4 Å². The molecule has 0 bridgehead atoms. The molecule has 0 aliphatic carbocycles. The molecule has 1 atom stereocenters. The number of fused-ring (bicyclic) bond motifs is 1. The van der Waals surface area contributed by atoms with Crippen LogP contribution < -0.4 is 10.5 Å². The van der Waals surface area contributed by atoms with Gasteiger partial charge in [-0.2, -0.15) is 0 Å². The minimum absolute atomic E-state index is 0.0633. The van der Waals surface area contributed by atoms with Crippen LogP contribution in [0.25, 0.3) is 0 Å². The van der Waals surface area contributed by atoms with Gasteiger partial charge in [0.25, 0.3) is 0 Å². The molecule has 6 heteroatoms. The van der Waals surface area contributed by atoms with E-state index in [-0.39, 0.29) is 17.1 Å². The number of benzene rings is 2. The number of carboxylic acid groups (broad SMARTS) is 1. The number of carbonyl (C=O) groups is 1. The highest BCUT2D eigenvalue weighted by atomic mass is 19.1. The zero-order valence-electron chi connectivity index (χ0n) is 15.8. The van der Waals surface area contributed by atoms with Gasteiger partial charge in [-0.15, -0.1) is 0 Å². The van der Waals surface area contributed by atoms with Gasteiger partial charge in [0.05, 0.1) is 0 Å². The monoisotopic (exact) mass is 372 g/mol. The molecule has 0 saturated heterocycles. The molecule has 2 aromatic carbocycles. The van der Waals surface area contributed by atoms with Gasteiger partial charge in [-0.05, 0) is 47.2 Å². The first kappa shape index (κ1) is 19.0. The number of halogens is 1. The molecule has 3 N–H and O–H groups in total. The summed E-state index contributed by atoms with van der Waals surface area (Å²) in [6.07, 6.45) is -0.312. The average molecular weight is 372 g/mol. The van der Waals surface area contributed by atoms with E-state index in [1.807, 2.05) is 18.2 Å². The number of rotatable bonds is 2. The van der Waals surface area contributed by atoms with E-state index in [9.17, 15) is 14.3 Å². The van der Waals surface area contributed by atoms with Crippen molar-refractivity contribution in [2.24, 2.45) is 5.41 Å². The predicted molar refractivity (Wildman–Crippen MR) is 103 cm³/mol. The topological polar surface area (TPSA) is 75.8 Å². The van der Waals surface area contributed by atoms with Crippen LogP contribution in [0.1, 0.15) is 37.8 Å². The summed E-state index contributed by atoms with van der Waals surface area (Å²) in [4.78, 5) is 13.0. The van der Waals surface area contributed by atoms with Crippen LogP contribution >= 0.6 is 0 Å². The first-order valence-electron chi connectivity index (χ1n) is 8.98. The molecule has 5 nitrogen and oxygen atoms in total. The van der Waals surface area contributed by atoms with Crippen LogP contribution in [0.3, 0.4) is 0 Å². The smallest absolute Gasteiger partial charge is 0.407 e. The SMILES string of the molecule is CC(C)(C)C1CN(C(=O)O)CCc2cc(Oc3ccc(N)cc3F)ccc21. The second-order valence-corrected chi connectivity index (χ2v) is 8.05. The maximum atomic E-state index is 14.0. The summed E-state index contributed by atoms with van der Waals surface area (Å²) in [6.45, 7) is 7.22. The van der Waals surface area contributed by atoms with Gasteiger partial charge in [-0.3, -0.25) is 0 Å². The number of anilines is 1. The predicted octanol–water partition coefficient (Wildman–Crippen LogP) is 4.87. The molecule has 0 fully saturated rings. The van der Waals surface area contributed by atoms with Gasteiger partial charge >= 0.3 is 6.09 Å². The molecule has 1 aliphatic rings. The van der Waals surface area contributed by atoms with Gasteiger partial charge < -0.3 is 20.5 Å². The highest BCUT2D eigenvalue weighted by molar-refractivity contribution is 5.65. The summed E-state index contributed by atoms with van der Waals surface area (Å²) in [5.74, 6) is 0.175. The molecule has 3 rings (SSSR count). The maximum absolute atomic E-state index is 14.0. The lowest BCUT2D eigenvalue weighted by molar-refractivity contribution is 0.135. The molecule has 1 unspecified atom stereocenters. The molecular formula is C21H25FN2O3. The Bertz CT molecular complexity index is 861. The van der Waals surface area contributed by atoms with Crippen molar-refractivity contribution < 1.29 is 19.0 Å². The third-order valence-electron chi connectivity index (χ3n) is 5.04. The van der Waals surface area contributed by atoms with Crippen molar-refractivity contribution in [2.75, 3.05) is 18.8 Å². The molecule has 1 aliphatic heterocycles. The molecule has 0 aromatic heterocycles. The number of amides is 1. The third kappa shape index (κ3) is 4.15. The lowest BCUT2D eigenvalue weighted by Gasteiger charge is -2.33. The highest BCUT2D eigenvalue weighted by Crippen LogP contribution is 2.40. The Morgan fingerprint density at radius 3 is 2.63 bits per heavy atom. The van der Waals surface area contributed by atoms with Crippen LogP contribution in [0.5, 0.6) is 11.5 Å². The highest BCUT2D eigenvalue weighted by Gasteiger charge is 2.33. The standard InChI is InChI=1S/C21H25FN2O3/c1-21(2,3)17-12-24(20(25)26)9-8-13-10-15(5-6-16(13)17)27-19-7-4-14(23)11-18(19)22/h4-7,10-11,17H,8-9,12,23H2,1-3H3,(H,25,26). The Morgan fingerprint density at radius 2 is 2.00 bits per heavy atom. The number of nitrogens with zero attached hydrogens (tertiary/aromatic N) is 1. The third-order valence-corrected chi connectivity index (χ3v) is 5.04. The Hall–Kier alpha value is -2.76. The maximum Gasteiger partial charge on any atom is 0.407 e. The molecule has 1 heterocycles. The number of nitrogens with two attached hydrogens (primary N) is 1. The van der Waals surface area contributed by atoms with E-state index in [1.54, 1.807) is 6.07 Å². The van der Waals surface area contributed by atoms with Crippen molar-refractivity contribution in [2.45, 2.75) is 33.1 Å². The molecule has 1 amide bonds. The number of nitrogen functional groups attached to an aromatic ring is 1. The fraction of sp³-hybridized carbons (Fsp3) is 0.381. The second kappa shape index (κ2) is 7.10. The van der Waals surface area contributed by atoms with Gasteiger partial charge in [0.1, 0.15) is 5.75 Å². The largest absolute Gasteiger partial charge is 0.465 e. The summed E-state index contributed by atoms with van der Waals surface area (Å²) < 4.78 is 19.7. The fourth-order valence-corrected chi connectivity index (χ4v) is 3.51. The lowest BCUT2D eigenvalue weighted by atomic mass is 9.75. The molecule has 27 heavy (non-hydrogen) atoms. The summed E-state index contributed by atoms with van der Waals surface area (Å²) in [5, 5.41) is 9.48. The van der Waals surface area contributed by atoms with E-state index in [4.69, 9.17) is 10.5 Å². The van der Waals surface area contributed by atoms with Crippen molar-refractivity contribution in [3.63, 3.8) is 0 Å². The Morgan fingerprint density at radius 1 is 1.26 bits per heavy atom. The second-order valence-electron chi connectivity index (χ2n) is 8.05. The van der Waals surface area contributed by atoms with Crippen LogP contribution in [0.2, 0.25) is 0 Å². The zero-order chi connectivity index (χ0) is 19.8. The van der Waals surface area contributed by atoms with Gasteiger partial charge in [0.15, 0.2) is 11.6 Å². The number of hydrogen-bond acceptors (Lipinski definition) is 3. The Labute approximate surface area is 158 Å². The molecule has 0 saturated carbocycles. The Balaban J connectivity index is 1.94. The molecule has 144 valence electrons. The fourth-order valence-electron chi connectivity index (χ4n) is 3.51. The lowest BCUT2D eigenvalue weighted by Crippen LogP contribution is -2.36. The summed E-state index contributed by atoms with van der Waals surface area (Å²) in [7, 11) is 0. The summed E-state index contributed by atoms with van der Waals surface area (Å²) in [5.41, 5.74) is 7.97. The number of ether oxygens (including phenoxy) is 1.